The van der Waals surface area contributed by atoms with Gasteiger partial charge in [0.15, 0.2) is 0 Å². The Morgan fingerprint density at radius 2 is 1.54 bits per heavy atom. The van der Waals surface area contributed by atoms with Crippen LogP contribution in [0.5, 0.6) is 0 Å². The van der Waals surface area contributed by atoms with Gasteiger partial charge in [-0.1, -0.05) is 66.7 Å². The van der Waals surface area contributed by atoms with E-state index in [0.717, 1.165) is 32.8 Å². The average molecular weight is 550 g/mol. The normalized spacial score (nSPS) is 12.5. The summed E-state index contributed by atoms with van der Waals surface area (Å²) in [5.74, 6) is -0.759. The van der Waals surface area contributed by atoms with Gasteiger partial charge in [-0.25, -0.2) is 8.42 Å². The number of hydrogen-bond donors (Lipinski definition) is 1. The van der Waals surface area contributed by atoms with Crippen molar-refractivity contribution in [3.8, 4) is 0 Å². The fourth-order valence-electron chi connectivity index (χ4n) is 4.37. The zero-order valence-electron chi connectivity index (χ0n) is 23.6. The maximum absolute atomic E-state index is 14.1. The van der Waals surface area contributed by atoms with Crippen molar-refractivity contribution >= 4 is 27.5 Å². The topological polar surface area (TPSA) is 86.8 Å². The molecule has 7 nitrogen and oxygen atoms in total. The first-order chi connectivity index (χ1) is 18.2. The summed E-state index contributed by atoms with van der Waals surface area (Å²) in [6.45, 7) is 9.22. The van der Waals surface area contributed by atoms with Crippen molar-refractivity contribution in [2.45, 2.75) is 59.2 Å². The van der Waals surface area contributed by atoms with Crippen molar-refractivity contribution in [2.75, 3.05) is 17.1 Å². The number of sulfonamides is 1. The molecule has 0 saturated carbocycles. The molecule has 0 saturated heterocycles. The Kier molecular flexibility index (Phi) is 9.56. The van der Waals surface area contributed by atoms with Gasteiger partial charge in [-0.2, -0.15) is 0 Å². The van der Waals surface area contributed by atoms with E-state index in [2.05, 4.69) is 5.32 Å². The first kappa shape index (κ1) is 29.9. The molecule has 0 heterocycles. The number of benzene rings is 3. The van der Waals surface area contributed by atoms with Gasteiger partial charge in [0, 0.05) is 18.5 Å². The maximum atomic E-state index is 14.1. The molecule has 0 aliphatic rings. The highest BCUT2D eigenvalue weighted by molar-refractivity contribution is 7.92. The molecular weight excluding hydrogens is 510 g/mol. The number of rotatable bonds is 10. The molecule has 0 aromatic heterocycles. The van der Waals surface area contributed by atoms with Crippen LogP contribution in [0.1, 0.15) is 43.0 Å². The number of anilines is 1. The third-order valence-corrected chi connectivity index (χ3v) is 7.48. The molecule has 0 fully saturated rings. The van der Waals surface area contributed by atoms with Gasteiger partial charge in [0.05, 0.1) is 11.9 Å². The molecule has 3 rings (SSSR count). The second-order valence-electron chi connectivity index (χ2n) is 11.0. The van der Waals surface area contributed by atoms with E-state index >= 15 is 0 Å². The van der Waals surface area contributed by atoms with E-state index in [1.54, 1.807) is 18.2 Å². The predicted molar refractivity (Wildman–Crippen MR) is 157 cm³/mol. The molecule has 8 heteroatoms. The number of hydrogen-bond acceptors (Lipinski definition) is 4. The van der Waals surface area contributed by atoms with Gasteiger partial charge in [0.2, 0.25) is 21.8 Å². The Morgan fingerprint density at radius 1 is 0.897 bits per heavy atom. The molecule has 3 aromatic carbocycles. The number of nitrogens with one attached hydrogen (secondary N) is 1. The molecule has 3 aromatic rings. The quantitative estimate of drug-likeness (QED) is 0.400. The maximum Gasteiger partial charge on any atom is 0.244 e. The minimum atomic E-state index is -3.79. The minimum Gasteiger partial charge on any atom is -0.350 e. The Hall–Kier alpha value is -3.65. The molecule has 0 aliphatic carbocycles. The van der Waals surface area contributed by atoms with Gasteiger partial charge < -0.3 is 10.2 Å². The van der Waals surface area contributed by atoms with Crippen LogP contribution in [-0.4, -0.2) is 49.5 Å². The van der Waals surface area contributed by atoms with E-state index in [1.807, 2.05) is 95.3 Å². The van der Waals surface area contributed by atoms with Crippen LogP contribution in [0, 0.1) is 13.8 Å². The Morgan fingerprint density at radius 3 is 2.13 bits per heavy atom. The first-order valence-electron chi connectivity index (χ1n) is 13.0. The predicted octanol–water partition coefficient (Wildman–Crippen LogP) is 4.62. The lowest BCUT2D eigenvalue weighted by molar-refractivity contribution is -0.140. The van der Waals surface area contributed by atoms with Crippen molar-refractivity contribution in [3.05, 3.63) is 101 Å². The van der Waals surface area contributed by atoms with Crippen LogP contribution in [0.15, 0.2) is 78.9 Å². The lowest BCUT2D eigenvalue weighted by Crippen LogP contribution is -2.56. The molecule has 208 valence electrons. The van der Waals surface area contributed by atoms with E-state index in [0.29, 0.717) is 5.69 Å². The van der Waals surface area contributed by atoms with Crippen LogP contribution in [-0.2, 0) is 32.6 Å². The number of nitrogens with zero attached hydrogens (tertiary/aromatic N) is 2. The molecule has 0 radical (unpaired) electrons. The van der Waals surface area contributed by atoms with Crippen LogP contribution < -0.4 is 9.62 Å². The smallest absolute Gasteiger partial charge is 0.244 e. The molecule has 39 heavy (non-hydrogen) atoms. The van der Waals surface area contributed by atoms with Crippen LogP contribution in [0.25, 0.3) is 0 Å². The van der Waals surface area contributed by atoms with Crippen molar-refractivity contribution in [2.24, 2.45) is 0 Å². The van der Waals surface area contributed by atoms with E-state index in [-0.39, 0.29) is 18.9 Å². The van der Waals surface area contributed by atoms with Gasteiger partial charge in [-0.15, -0.1) is 0 Å². The minimum absolute atomic E-state index is 0.159. The van der Waals surface area contributed by atoms with Gasteiger partial charge in [0.25, 0.3) is 0 Å². The fraction of sp³-hybridized carbons (Fsp3) is 0.355. The van der Waals surface area contributed by atoms with Gasteiger partial charge in [0.1, 0.15) is 12.6 Å². The highest BCUT2D eigenvalue weighted by atomic mass is 32.2. The largest absolute Gasteiger partial charge is 0.350 e. The number of carbonyl (C=O) groups excluding carboxylic acids is 2. The van der Waals surface area contributed by atoms with E-state index < -0.39 is 34.1 Å². The molecule has 0 unspecified atom stereocenters. The monoisotopic (exact) mass is 549 g/mol. The Labute approximate surface area is 232 Å². The van der Waals surface area contributed by atoms with Gasteiger partial charge >= 0.3 is 0 Å². The standard InChI is InChI=1S/C31H39N3O4S/c1-23-13-12-18-27(19-23)34(39(6,37)38)22-29(35)33(21-26-17-11-10-14-24(26)2)28(30(36)32-31(3,4)5)20-25-15-8-7-9-16-25/h7-19,28H,20-22H2,1-6H3,(H,32,36)/t28-/m0/s1. The first-order valence-corrected chi connectivity index (χ1v) is 14.8. The summed E-state index contributed by atoms with van der Waals surface area (Å²) < 4.78 is 26.8. The summed E-state index contributed by atoms with van der Waals surface area (Å²) in [7, 11) is -3.79. The summed E-state index contributed by atoms with van der Waals surface area (Å²) in [4.78, 5) is 29.4. The number of aryl methyl sites for hydroxylation is 2. The summed E-state index contributed by atoms with van der Waals surface area (Å²) in [6.07, 6.45) is 1.37. The second kappa shape index (κ2) is 12.5. The van der Waals surface area contributed by atoms with E-state index in [4.69, 9.17) is 0 Å². The molecular formula is C31H39N3O4S. The van der Waals surface area contributed by atoms with Crippen LogP contribution in [0.4, 0.5) is 5.69 Å². The van der Waals surface area contributed by atoms with Gasteiger partial charge in [-0.3, -0.25) is 13.9 Å². The molecule has 2 amide bonds. The summed E-state index contributed by atoms with van der Waals surface area (Å²) >= 11 is 0. The number of amides is 2. The van der Waals surface area contributed by atoms with E-state index in [9.17, 15) is 18.0 Å². The fourth-order valence-corrected chi connectivity index (χ4v) is 5.22. The highest BCUT2D eigenvalue weighted by Gasteiger charge is 2.34. The number of carbonyl (C=O) groups is 2. The third-order valence-electron chi connectivity index (χ3n) is 6.34. The van der Waals surface area contributed by atoms with Crippen molar-refractivity contribution in [1.29, 1.82) is 0 Å². The average Bonchev–Trinajstić information content (AvgIpc) is 2.84. The van der Waals surface area contributed by atoms with Crippen LogP contribution >= 0.6 is 0 Å². The third kappa shape index (κ3) is 8.68. The summed E-state index contributed by atoms with van der Waals surface area (Å²) in [5, 5.41) is 3.03. The second-order valence-corrected chi connectivity index (χ2v) is 12.9. The van der Waals surface area contributed by atoms with Crippen LogP contribution in [0.2, 0.25) is 0 Å². The highest BCUT2D eigenvalue weighted by Crippen LogP contribution is 2.22. The summed E-state index contributed by atoms with van der Waals surface area (Å²) in [5.41, 5.74) is 3.51. The molecule has 0 spiro atoms. The summed E-state index contributed by atoms with van der Waals surface area (Å²) in [6, 6.07) is 23.4. The lowest BCUT2D eigenvalue weighted by atomic mass is 10.00. The van der Waals surface area contributed by atoms with E-state index in [1.165, 1.54) is 4.90 Å². The zero-order valence-corrected chi connectivity index (χ0v) is 24.5. The van der Waals surface area contributed by atoms with Crippen molar-refractivity contribution in [3.63, 3.8) is 0 Å². The van der Waals surface area contributed by atoms with Gasteiger partial charge in [-0.05, 0) is 69.0 Å². The van der Waals surface area contributed by atoms with Crippen LogP contribution in [0.3, 0.4) is 0 Å². The van der Waals surface area contributed by atoms with Crippen molar-refractivity contribution < 1.29 is 18.0 Å². The SMILES string of the molecule is Cc1cccc(N(CC(=O)N(Cc2ccccc2C)[C@@H](Cc2ccccc2)C(=O)NC(C)(C)C)S(C)(=O)=O)c1. The molecule has 1 atom stereocenters. The molecule has 0 bridgehead atoms. The Balaban J connectivity index is 2.09. The zero-order chi connectivity index (χ0) is 28.8. The van der Waals surface area contributed by atoms with Crippen molar-refractivity contribution in [1.82, 2.24) is 10.2 Å². The lowest BCUT2D eigenvalue weighted by Gasteiger charge is -2.35. The Bertz CT molecular complexity index is 1400. The molecule has 0 aliphatic heterocycles. The molecule has 1 N–H and O–H groups in total.